The van der Waals surface area contributed by atoms with Gasteiger partial charge in [-0.2, -0.15) is 13.2 Å². The first-order valence-electron chi connectivity index (χ1n) is 8.37. The van der Waals surface area contributed by atoms with Crippen LogP contribution in [0.2, 0.25) is 0 Å². The molecule has 0 unspecified atom stereocenters. The molecule has 24 heavy (non-hydrogen) atoms. The van der Waals surface area contributed by atoms with E-state index in [4.69, 9.17) is 0 Å². The third-order valence-corrected chi connectivity index (χ3v) is 4.80. The molecule has 133 valence electrons. The lowest BCUT2D eigenvalue weighted by Crippen LogP contribution is -2.34. The number of benzene rings is 1. The molecule has 1 aromatic carbocycles. The quantitative estimate of drug-likeness (QED) is 0.812. The van der Waals surface area contributed by atoms with E-state index in [-0.39, 0.29) is 29.3 Å². The standard InChI is InChI=1S/C19H25F3NO/c1-18(2,3)15-10-8-13(9-11-15)17(24)23-12-14-6-4-5-7-16(14)19(20,21)22/h4-7,13H,8-12H2,1-3H3,(H,23,24). The number of hydrogen-bond acceptors (Lipinski definition) is 1. The van der Waals surface area contributed by atoms with E-state index in [1.54, 1.807) is 6.07 Å². The summed E-state index contributed by atoms with van der Waals surface area (Å²) in [4.78, 5) is 12.3. The highest BCUT2D eigenvalue weighted by Crippen LogP contribution is 2.41. The molecule has 0 bridgehead atoms. The first-order chi connectivity index (χ1) is 11.1. The number of rotatable bonds is 3. The van der Waals surface area contributed by atoms with Crippen molar-refractivity contribution in [2.75, 3.05) is 0 Å². The number of carbonyl (C=O) groups is 1. The summed E-state index contributed by atoms with van der Waals surface area (Å²) in [7, 11) is 0. The summed E-state index contributed by atoms with van der Waals surface area (Å²) in [6.07, 6.45) is -1.01. The van der Waals surface area contributed by atoms with Crippen molar-refractivity contribution in [2.24, 2.45) is 11.3 Å². The fourth-order valence-electron chi connectivity index (χ4n) is 3.26. The number of alkyl halides is 3. The summed E-state index contributed by atoms with van der Waals surface area (Å²) in [6.45, 7) is 6.45. The van der Waals surface area contributed by atoms with Crippen molar-refractivity contribution in [1.29, 1.82) is 0 Å². The fraction of sp³-hybridized carbons (Fsp3) is 0.579. The average Bonchev–Trinajstić information content (AvgIpc) is 2.51. The van der Waals surface area contributed by atoms with Gasteiger partial charge in [-0.25, -0.2) is 0 Å². The second kappa shape index (κ2) is 7.16. The molecular formula is C19H25F3NO. The van der Waals surface area contributed by atoms with Crippen LogP contribution in [0.1, 0.15) is 57.6 Å². The van der Waals surface area contributed by atoms with Crippen LogP contribution in [0.3, 0.4) is 0 Å². The maximum absolute atomic E-state index is 13.0. The summed E-state index contributed by atoms with van der Waals surface area (Å²) in [5.41, 5.74) is -0.416. The van der Waals surface area contributed by atoms with E-state index in [9.17, 15) is 18.0 Å². The van der Waals surface area contributed by atoms with E-state index in [0.717, 1.165) is 31.7 Å². The number of hydrogen-bond donors (Lipinski definition) is 1. The SMILES string of the molecule is CC(C)(C)[C]1CCC(C(=O)NCc2ccccc2C(F)(F)F)CC1. The normalized spacial score (nSPS) is 17.8. The van der Waals surface area contributed by atoms with Gasteiger partial charge in [0.2, 0.25) is 5.91 Å². The molecule has 0 saturated heterocycles. The topological polar surface area (TPSA) is 29.1 Å². The molecule has 0 aromatic heterocycles. The predicted octanol–water partition coefficient (Wildman–Crippen LogP) is 5.13. The van der Waals surface area contributed by atoms with Gasteiger partial charge in [-0.15, -0.1) is 0 Å². The molecule has 2 nitrogen and oxygen atoms in total. The molecule has 1 aromatic rings. The lowest BCUT2D eigenvalue weighted by atomic mass is 9.69. The third-order valence-electron chi connectivity index (χ3n) is 4.80. The number of halogens is 3. The second-order valence-corrected chi connectivity index (χ2v) is 7.50. The maximum Gasteiger partial charge on any atom is 0.416 e. The molecule has 1 aliphatic carbocycles. The molecule has 1 N–H and O–H groups in total. The molecular weight excluding hydrogens is 315 g/mol. The van der Waals surface area contributed by atoms with E-state index in [1.165, 1.54) is 18.1 Å². The summed E-state index contributed by atoms with van der Waals surface area (Å²) < 4.78 is 38.9. The highest BCUT2D eigenvalue weighted by molar-refractivity contribution is 5.78. The van der Waals surface area contributed by atoms with Gasteiger partial charge in [0.1, 0.15) is 0 Å². The molecule has 1 amide bonds. The highest BCUT2D eigenvalue weighted by Gasteiger charge is 2.34. The van der Waals surface area contributed by atoms with Crippen molar-refractivity contribution in [2.45, 2.75) is 59.2 Å². The van der Waals surface area contributed by atoms with Crippen LogP contribution in [0, 0.1) is 17.3 Å². The van der Waals surface area contributed by atoms with Gasteiger partial charge in [0, 0.05) is 12.5 Å². The summed E-state index contributed by atoms with van der Waals surface area (Å²) in [6, 6.07) is 5.38. The molecule has 0 aliphatic heterocycles. The minimum Gasteiger partial charge on any atom is -0.352 e. The van der Waals surface area contributed by atoms with Gasteiger partial charge in [0.25, 0.3) is 0 Å². The average molecular weight is 340 g/mol. The van der Waals surface area contributed by atoms with Gasteiger partial charge in [0.05, 0.1) is 5.56 Å². The van der Waals surface area contributed by atoms with Crippen LogP contribution in [0.15, 0.2) is 24.3 Å². The smallest absolute Gasteiger partial charge is 0.352 e. The largest absolute Gasteiger partial charge is 0.416 e. The van der Waals surface area contributed by atoms with E-state index in [2.05, 4.69) is 26.1 Å². The zero-order valence-electron chi connectivity index (χ0n) is 14.5. The van der Waals surface area contributed by atoms with Crippen LogP contribution < -0.4 is 5.32 Å². The van der Waals surface area contributed by atoms with E-state index in [0.29, 0.717) is 0 Å². The van der Waals surface area contributed by atoms with Crippen molar-refractivity contribution in [3.63, 3.8) is 0 Å². The monoisotopic (exact) mass is 340 g/mol. The van der Waals surface area contributed by atoms with E-state index < -0.39 is 11.7 Å². The summed E-state index contributed by atoms with van der Waals surface area (Å²) in [5.74, 6) is 1.23. The third kappa shape index (κ3) is 4.74. The van der Waals surface area contributed by atoms with E-state index in [1.807, 2.05) is 0 Å². The molecule has 0 heterocycles. The number of nitrogens with one attached hydrogen (secondary N) is 1. The highest BCUT2D eigenvalue weighted by atomic mass is 19.4. The second-order valence-electron chi connectivity index (χ2n) is 7.50. The molecule has 2 rings (SSSR count). The van der Waals surface area contributed by atoms with Gasteiger partial charge in [-0.3, -0.25) is 4.79 Å². The van der Waals surface area contributed by atoms with Gasteiger partial charge in [0.15, 0.2) is 0 Å². The van der Waals surface area contributed by atoms with Crippen molar-refractivity contribution in [3.8, 4) is 0 Å². The molecule has 5 heteroatoms. The molecule has 1 aliphatic rings. The summed E-state index contributed by atoms with van der Waals surface area (Å²) in [5, 5.41) is 2.69. The predicted molar refractivity (Wildman–Crippen MR) is 87.9 cm³/mol. The Hall–Kier alpha value is -1.52. The van der Waals surface area contributed by atoms with Crippen molar-refractivity contribution < 1.29 is 18.0 Å². The number of amides is 1. The molecule has 1 radical (unpaired) electrons. The van der Waals surface area contributed by atoms with Crippen LogP contribution in [0.4, 0.5) is 13.2 Å². The fourth-order valence-corrected chi connectivity index (χ4v) is 3.26. The van der Waals surface area contributed by atoms with Crippen LogP contribution in [-0.2, 0) is 17.5 Å². The first-order valence-corrected chi connectivity index (χ1v) is 8.37. The van der Waals surface area contributed by atoms with Crippen LogP contribution >= 0.6 is 0 Å². The van der Waals surface area contributed by atoms with Crippen LogP contribution in [0.25, 0.3) is 0 Å². The number of carbonyl (C=O) groups excluding carboxylic acids is 1. The van der Waals surface area contributed by atoms with Gasteiger partial charge < -0.3 is 5.32 Å². The Kier molecular flexibility index (Phi) is 5.61. The Bertz CT molecular complexity index is 567. The Morgan fingerprint density at radius 3 is 2.25 bits per heavy atom. The first kappa shape index (κ1) is 18.8. The Morgan fingerprint density at radius 2 is 1.71 bits per heavy atom. The Labute approximate surface area is 141 Å². The zero-order valence-corrected chi connectivity index (χ0v) is 14.5. The molecule has 1 saturated carbocycles. The maximum atomic E-state index is 13.0. The molecule has 0 atom stereocenters. The lowest BCUT2D eigenvalue weighted by molar-refractivity contribution is -0.138. The Morgan fingerprint density at radius 1 is 1.12 bits per heavy atom. The van der Waals surface area contributed by atoms with Crippen LogP contribution in [0.5, 0.6) is 0 Å². The van der Waals surface area contributed by atoms with Gasteiger partial charge in [-0.1, -0.05) is 39.0 Å². The minimum absolute atomic E-state index is 0.0825. The zero-order chi connectivity index (χ0) is 18.0. The lowest BCUT2D eigenvalue weighted by Gasteiger charge is -2.36. The van der Waals surface area contributed by atoms with Crippen molar-refractivity contribution in [1.82, 2.24) is 5.32 Å². The Balaban J connectivity index is 1.91. The van der Waals surface area contributed by atoms with Gasteiger partial charge in [-0.05, 0) is 48.6 Å². The minimum atomic E-state index is -4.40. The summed E-state index contributed by atoms with van der Waals surface area (Å²) >= 11 is 0. The van der Waals surface area contributed by atoms with Crippen molar-refractivity contribution in [3.05, 3.63) is 41.3 Å². The van der Waals surface area contributed by atoms with E-state index >= 15 is 0 Å². The van der Waals surface area contributed by atoms with Crippen LogP contribution in [-0.4, -0.2) is 5.91 Å². The van der Waals surface area contributed by atoms with Gasteiger partial charge >= 0.3 is 6.18 Å². The molecule has 0 spiro atoms. The molecule has 1 fully saturated rings. The van der Waals surface area contributed by atoms with Crippen molar-refractivity contribution >= 4 is 5.91 Å².